The zero-order valence-corrected chi connectivity index (χ0v) is 7.47. The van der Waals surface area contributed by atoms with Crippen LogP contribution in [0.15, 0.2) is 12.3 Å². The third kappa shape index (κ3) is 2.42. The Morgan fingerprint density at radius 1 is 1.58 bits per heavy atom. The average Bonchev–Trinajstić information content (AvgIpc) is 2.32. The van der Waals surface area contributed by atoms with E-state index in [1.807, 2.05) is 20.8 Å². The number of hydrogen-bond acceptors (Lipinski definition) is 2. The van der Waals surface area contributed by atoms with Gasteiger partial charge in [-0.15, -0.1) is 0 Å². The smallest absolute Gasteiger partial charge is 0.355 e. The van der Waals surface area contributed by atoms with Crippen molar-refractivity contribution in [3.05, 3.63) is 24.0 Å². The maximum Gasteiger partial charge on any atom is 0.355 e. The molecular formula is C9H12NO2. The Morgan fingerprint density at radius 3 is 2.67 bits per heavy atom. The molecule has 0 saturated heterocycles. The fourth-order valence-electron chi connectivity index (χ4n) is 0.739. The lowest BCUT2D eigenvalue weighted by Crippen LogP contribution is -2.24. The summed E-state index contributed by atoms with van der Waals surface area (Å²) < 4.78 is 5.08. The highest BCUT2D eigenvalue weighted by molar-refractivity contribution is 5.87. The number of carbonyl (C=O) groups is 1. The minimum Gasteiger partial charge on any atom is -0.455 e. The van der Waals surface area contributed by atoms with Gasteiger partial charge in [0, 0.05) is 12.3 Å². The second kappa shape index (κ2) is 3.01. The first-order valence-corrected chi connectivity index (χ1v) is 3.77. The molecule has 1 radical (unpaired) electrons. The van der Waals surface area contributed by atoms with Crippen molar-refractivity contribution in [1.29, 1.82) is 0 Å². The molecule has 0 saturated carbocycles. The number of H-pyrrole nitrogens is 1. The molecule has 12 heavy (non-hydrogen) atoms. The fourth-order valence-corrected chi connectivity index (χ4v) is 0.739. The quantitative estimate of drug-likeness (QED) is 0.646. The maximum atomic E-state index is 11.2. The van der Waals surface area contributed by atoms with Crippen molar-refractivity contribution < 1.29 is 9.53 Å². The Bertz CT molecular complexity index is 257. The Labute approximate surface area is 71.7 Å². The molecule has 3 nitrogen and oxygen atoms in total. The van der Waals surface area contributed by atoms with Gasteiger partial charge in [0.15, 0.2) is 0 Å². The Balaban J connectivity index is 2.63. The van der Waals surface area contributed by atoms with E-state index in [9.17, 15) is 4.79 Å². The van der Waals surface area contributed by atoms with Crippen LogP contribution in [0.4, 0.5) is 0 Å². The number of ether oxygens (including phenoxy) is 1. The predicted octanol–water partition coefficient (Wildman–Crippen LogP) is 1.77. The number of nitrogens with one attached hydrogen (secondary N) is 1. The van der Waals surface area contributed by atoms with Crippen LogP contribution in [0.2, 0.25) is 0 Å². The first-order valence-electron chi connectivity index (χ1n) is 3.77. The molecule has 1 aromatic rings. The van der Waals surface area contributed by atoms with Gasteiger partial charge in [-0.3, -0.25) is 0 Å². The van der Waals surface area contributed by atoms with E-state index in [4.69, 9.17) is 4.74 Å². The molecule has 3 heteroatoms. The van der Waals surface area contributed by atoms with Crippen LogP contribution in [0.25, 0.3) is 0 Å². The first-order chi connectivity index (χ1) is 5.49. The second-order valence-corrected chi connectivity index (χ2v) is 3.50. The minimum atomic E-state index is -0.448. The molecule has 0 bridgehead atoms. The van der Waals surface area contributed by atoms with Crippen molar-refractivity contribution in [2.75, 3.05) is 0 Å². The van der Waals surface area contributed by atoms with E-state index in [1.165, 1.54) is 0 Å². The van der Waals surface area contributed by atoms with Gasteiger partial charge in [-0.1, -0.05) is 0 Å². The summed E-state index contributed by atoms with van der Waals surface area (Å²) in [5.41, 5.74) is -0.0827. The Hall–Kier alpha value is -1.25. The molecule has 1 heterocycles. The summed E-state index contributed by atoms with van der Waals surface area (Å²) in [6.45, 7) is 5.48. The predicted molar refractivity (Wildman–Crippen MR) is 44.8 cm³/mol. The molecule has 0 amide bonds. The van der Waals surface area contributed by atoms with Crippen molar-refractivity contribution in [2.45, 2.75) is 26.4 Å². The standard InChI is InChI=1S/C9H12NO2/c1-9(2,3)12-8(11)7-5-4-6-10-7/h4,6,10H,1-3H3. The van der Waals surface area contributed by atoms with Crippen molar-refractivity contribution in [2.24, 2.45) is 0 Å². The van der Waals surface area contributed by atoms with Crippen molar-refractivity contribution in [3.8, 4) is 0 Å². The minimum absolute atomic E-state index is 0.366. The molecule has 65 valence electrons. The van der Waals surface area contributed by atoms with Crippen molar-refractivity contribution in [1.82, 2.24) is 4.98 Å². The zero-order chi connectivity index (χ0) is 9.19. The van der Waals surface area contributed by atoms with E-state index in [0.29, 0.717) is 5.69 Å². The van der Waals surface area contributed by atoms with Crippen LogP contribution < -0.4 is 0 Å². The molecule has 0 aromatic carbocycles. The third-order valence-electron chi connectivity index (χ3n) is 1.14. The van der Waals surface area contributed by atoms with E-state index in [-0.39, 0.29) is 5.97 Å². The number of aromatic amines is 1. The summed E-state index contributed by atoms with van der Waals surface area (Å²) in [7, 11) is 0. The Morgan fingerprint density at radius 2 is 2.25 bits per heavy atom. The highest BCUT2D eigenvalue weighted by atomic mass is 16.6. The monoisotopic (exact) mass is 166 g/mol. The third-order valence-corrected chi connectivity index (χ3v) is 1.14. The summed E-state index contributed by atoms with van der Waals surface area (Å²) in [4.78, 5) is 14.0. The average molecular weight is 166 g/mol. The Kier molecular flexibility index (Phi) is 2.22. The van der Waals surface area contributed by atoms with Crippen molar-refractivity contribution in [3.63, 3.8) is 0 Å². The lowest BCUT2D eigenvalue weighted by molar-refractivity contribution is 0.00632. The summed E-state index contributed by atoms with van der Waals surface area (Å²) in [6.07, 6.45) is 1.64. The number of carbonyl (C=O) groups excluding carboxylic acids is 1. The normalized spacial score (nSPS) is 11.2. The first kappa shape index (κ1) is 8.84. The zero-order valence-electron chi connectivity index (χ0n) is 7.47. The summed E-state index contributed by atoms with van der Waals surface area (Å²) in [5.74, 6) is -0.368. The van der Waals surface area contributed by atoms with Gasteiger partial charge < -0.3 is 9.72 Å². The van der Waals surface area contributed by atoms with Gasteiger partial charge in [0.05, 0.1) is 0 Å². The summed E-state index contributed by atoms with van der Waals surface area (Å²) >= 11 is 0. The molecule has 0 fully saturated rings. The second-order valence-electron chi connectivity index (χ2n) is 3.50. The molecule has 0 spiro atoms. The molecule has 0 atom stereocenters. The molecule has 1 N–H and O–H groups in total. The number of aromatic nitrogens is 1. The van der Waals surface area contributed by atoms with E-state index in [1.54, 1.807) is 12.3 Å². The summed E-state index contributed by atoms with van der Waals surface area (Å²) in [5, 5.41) is 0. The number of rotatable bonds is 1. The van der Waals surface area contributed by atoms with E-state index < -0.39 is 5.60 Å². The maximum absolute atomic E-state index is 11.2. The van der Waals surface area contributed by atoms with Gasteiger partial charge in [0.1, 0.15) is 11.3 Å². The van der Waals surface area contributed by atoms with Crippen LogP contribution >= 0.6 is 0 Å². The van der Waals surface area contributed by atoms with Crippen LogP contribution in [0, 0.1) is 6.07 Å². The van der Waals surface area contributed by atoms with Gasteiger partial charge in [-0.25, -0.2) is 4.79 Å². The lowest BCUT2D eigenvalue weighted by atomic mass is 10.2. The molecule has 1 rings (SSSR count). The van der Waals surface area contributed by atoms with Crippen LogP contribution in [0.1, 0.15) is 31.3 Å². The highest BCUT2D eigenvalue weighted by Crippen LogP contribution is 2.09. The fraction of sp³-hybridized carbons (Fsp3) is 0.444. The molecule has 0 unspecified atom stereocenters. The van der Waals surface area contributed by atoms with Crippen molar-refractivity contribution >= 4 is 5.97 Å². The lowest BCUT2D eigenvalue weighted by Gasteiger charge is -2.18. The van der Waals surface area contributed by atoms with E-state index >= 15 is 0 Å². The molecule has 0 aliphatic carbocycles. The van der Waals surface area contributed by atoms with Crippen LogP contribution in [-0.2, 0) is 4.74 Å². The number of esters is 1. The largest absolute Gasteiger partial charge is 0.455 e. The molecule has 1 aromatic heterocycles. The van der Waals surface area contributed by atoms with Gasteiger partial charge in [-0.2, -0.15) is 0 Å². The van der Waals surface area contributed by atoms with Gasteiger partial charge in [0.2, 0.25) is 0 Å². The van der Waals surface area contributed by atoms with Crippen LogP contribution in [0.3, 0.4) is 0 Å². The van der Waals surface area contributed by atoms with Gasteiger partial charge in [-0.05, 0) is 26.8 Å². The highest BCUT2D eigenvalue weighted by Gasteiger charge is 2.17. The van der Waals surface area contributed by atoms with Gasteiger partial charge >= 0.3 is 5.97 Å². The topological polar surface area (TPSA) is 42.1 Å². The van der Waals surface area contributed by atoms with Crippen LogP contribution in [-0.4, -0.2) is 16.6 Å². The molecule has 0 aliphatic heterocycles. The SMILES string of the molecule is CC(C)(C)OC(=O)c1[c]cc[nH]1. The molecular weight excluding hydrogens is 154 g/mol. The van der Waals surface area contributed by atoms with E-state index in [2.05, 4.69) is 11.1 Å². The van der Waals surface area contributed by atoms with Gasteiger partial charge in [0.25, 0.3) is 0 Å². The summed E-state index contributed by atoms with van der Waals surface area (Å²) in [6, 6.07) is 4.37. The molecule has 0 aliphatic rings. The van der Waals surface area contributed by atoms with Crippen LogP contribution in [0.5, 0.6) is 0 Å². The number of hydrogen-bond donors (Lipinski definition) is 1. The van der Waals surface area contributed by atoms with E-state index in [0.717, 1.165) is 0 Å².